The lowest BCUT2D eigenvalue weighted by molar-refractivity contribution is 0.414. The lowest BCUT2D eigenvalue weighted by Crippen LogP contribution is -1.99. The van der Waals surface area contributed by atoms with Crippen molar-refractivity contribution in [2.45, 2.75) is 58.3 Å². The molecule has 0 heterocycles. The number of hydrogen-bond acceptors (Lipinski definition) is 1. The molecule has 1 nitrogen and oxygen atoms in total. The molecule has 0 saturated heterocycles. The van der Waals surface area contributed by atoms with Gasteiger partial charge in [-0.3, -0.25) is 0 Å². The fourth-order valence-corrected chi connectivity index (χ4v) is 2.25. The topological polar surface area (TPSA) is 9.23 Å². The van der Waals surface area contributed by atoms with Gasteiger partial charge in [-0.25, -0.2) is 0 Å². The third-order valence-electron chi connectivity index (χ3n) is 3.40. The molecule has 1 aromatic carbocycles. The number of benzene rings is 1. The Morgan fingerprint density at radius 2 is 1.47 bits per heavy atom. The van der Waals surface area contributed by atoms with Gasteiger partial charge in [0.25, 0.3) is 0 Å². The zero-order chi connectivity index (χ0) is 12.5. The third kappa shape index (κ3) is 4.80. The standard InChI is InChI=1S/C16H26O/c1-4-6-8-14(9-7-5-2)15-10-12-16(17-3)13-11-15/h10-14H,4-9H2,1-3H3. The Hall–Kier alpha value is -0.980. The van der Waals surface area contributed by atoms with Crippen molar-refractivity contribution in [3.05, 3.63) is 29.8 Å². The van der Waals surface area contributed by atoms with E-state index in [2.05, 4.69) is 38.1 Å². The largest absolute Gasteiger partial charge is 0.497 e. The normalized spacial score (nSPS) is 10.8. The Balaban J connectivity index is 2.65. The first-order chi connectivity index (χ1) is 8.31. The van der Waals surface area contributed by atoms with E-state index in [4.69, 9.17) is 4.74 Å². The number of rotatable bonds is 8. The summed E-state index contributed by atoms with van der Waals surface area (Å²) in [4.78, 5) is 0. The van der Waals surface area contributed by atoms with Gasteiger partial charge >= 0.3 is 0 Å². The maximum Gasteiger partial charge on any atom is 0.118 e. The molecule has 0 fully saturated rings. The molecule has 96 valence electrons. The van der Waals surface area contributed by atoms with E-state index in [0.717, 1.165) is 11.7 Å². The summed E-state index contributed by atoms with van der Waals surface area (Å²) in [6.07, 6.45) is 7.89. The van der Waals surface area contributed by atoms with Gasteiger partial charge in [-0.05, 0) is 36.5 Å². The second-order valence-electron chi connectivity index (χ2n) is 4.75. The van der Waals surface area contributed by atoms with Crippen molar-refractivity contribution in [3.63, 3.8) is 0 Å². The molecule has 0 radical (unpaired) electrons. The van der Waals surface area contributed by atoms with Crippen molar-refractivity contribution >= 4 is 0 Å². The third-order valence-corrected chi connectivity index (χ3v) is 3.40. The first kappa shape index (κ1) is 14.1. The van der Waals surface area contributed by atoms with E-state index >= 15 is 0 Å². The molecule has 0 unspecified atom stereocenters. The molecule has 0 aromatic heterocycles. The molecular formula is C16H26O. The van der Waals surface area contributed by atoms with Gasteiger partial charge in [-0.2, -0.15) is 0 Å². The van der Waals surface area contributed by atoms with Gasteiger partial charge in [-0.15, -0.1) is 0 Å². The summed E-state index contributed by atoms with van der Waals surface area (Å²) in [5, 5.41) is 0. The molecule has 0 amide bonds. The minimum absolute atomic E-state index is 0.737. The minimum Gasteiger partial charge on any atom is -0.497 e. The molecule has 0 atom stereocenters. The second-order valence-corrected chi connectivity index (χ2v) is 4.75. The molecular weight excluding hydrogens is 208 g/mol. The first-order valence-corrected chi connectivity index (χ1v) is 6.95. The Morgan fingerprint density at radius 1 is 0.941 bits per heavy atom. The highest BCUT2D eigenvalue weighted by molar-refractivity contribution is 5.29. The van der Waals surface area contributed by atoms with Crippen LogP contribution in [0.15, 0.2) is 24.3 Å². The Bertz CT molecular complexity index is 281. The van der Waals surface area contributed by atoms with Crippen molar-refractivity contribution in [2.75, 3.05) is 7.11 Å². The number of hydrogen-bond donors (Lipinski definition) is 0. The highest BCUT2D eigenvalue weighted by atomic mass is 16.5. The summed E-state index contributed by atoms with van der Waals surface area (Å²) in [5.41, 5.74) is 1.48. The van der Waals surface area contributed by atoms with Crippen LogP contribution < -0.4 is 4.74 Å². The van der Waals surface area contributed by atoms with Crippen LogP contribution in [0, 0.1) is 0 Å². The van der Waals surface area contributed by atoms with Crippen molar-refractivity contribution in [2.24, 2.45) is 0 Å². The van der Waals surface area contributed by atoms with Crippen LogP contribution in [0.4, 0.5) is 0 Å². The highest BCUT2D eigenvalue weighted by Crippen LogP contribution is 2.28. The van der Waals surface area contributed by atoms with Crippen LogP contribution in [0.3, 0.4) is 0 Å². The molecule has 0 aliphatic heterocycles. The average Bonchev–Trinajstić information content (AvgIpc) is 2.39. The maximum atomic E-state index is 5.21. The van der Waals surface area contributed by atoms with Gasteiger partial charge in [0.15, 0.2) is 0 Å². The molecule has 1 aromatic rings. The summed E-state index contributed by atoms with van der Waals surface area (Å²) in [7, 11) is 1.72. The lowest BCUT2D eigenvalue weighted by Gasteiger charge is -2.17. The van der Waals surface area contributed by atoms with Crippen LogP contribution in [0.25, 0.3) is 0 Å². The van der Waals surface area contributed by atoms with E-state index in [0.29, 0.717) is 0 Å². The number of ether oxygens (including phenoxy) is 1. The smallest absolute Gasteiger partial charge is 0.118 e. The molecule has 0 aliphatic rings. The molecule has 0 spiro atoms. The van der Waals surface area contributed by atoms with Crippen LogP contribution in [-0.4, -0.2) is 7.11 Å². The zero-order valence-electron chi connectivity index (χ0n) is 11.5. The summed E-state index contributed by atoms with van der Waals surface area (Å²) >= 11 is 0. The molecule has 0 bridgehead atoms. The number of methoxy groups -OCH3 is 1. The second kappa shape index (κ2) is 8.16. The van der Waals surface area contributed by atoms with Crippen LogP contribution in [0.2, 0.25) is 0 Å². The van der Waals surface area contributed by atoms with Gasteiger partial charge < -0.3 is 4.74 Å². The van der Waals surface area contributed by atoms with Crippen LogP contribution >= 0.6 is 0 Å². The van der Waals surface area contributed by atoms with Gasteiger partial charge in [0, 0.05) is 0 Å². The highest BCUT2D eigenvalue weighted by Gasteiger charge is 2.10. The monoisotopic (exact) mass is 234 g/mol. The lowest BCUT2D eigenvalue weighted by atomic mass is 9.89. The van der Waals surface area contributed by atoms with Crippen molar-refractivity contribution in [3.8, 4) is 5.75 Å². The fourth-order valence-electron chi connectivity index (χ4n) is 2.25. The minimum atomic E-state index is 0.737. The summed E-state index contributed by atoms with van der Waals surface area (Å²) in [5.74, 6) is 1.69. The maximum absolute atomic E-state index is 5.21. The predicted octanol–water partition coefficient (Wildman–Crippen LogP) is 5.16. The van der Waals surface area contributed by atoms with E-state index < -0.39 is 0 Å². The SMILES string of the molecule is CCCCC(CCCC)c1ccc(OC)cc1. The molecule has 0 saturated carbocycles. The quantitative estimate of drug-likeness (QED) is 0.603. The van der Waals surface area contributed by atoms with Gasteiger partial charge in [-0.1, -0.05) is 51.7 Å². The van der Waals surface area contributed by atoms with Gasteiger partial charge in [0.2, 0.25) is 0 Å². The van der Waals surface area contributed by atoms with E-state index in [1.807, 2.05) is 0 Å². The van der Waals surface area contributed by atoms with E-state index in [1.165, 1.54) is 44.1 Å². The molecule has 1 rings (SSSR count). The van der Waals surface area contributed by atoms with Crippen LogP contribution in [-0.2, 0) is 0 Å². The summed E-state index contributed by atoms with van der Waals surface area (Å²) in [6.45, 7) is 4.54. The van der Waals surface area contributed by atoms with Crippen molar-refractivity contribution in [1.82, 2.24) is 0 Å². The zero-order valence-corrected chi connectivity index (χ0v) is 11.5. The molecule has 17 heavy (non-hydrogen) atoms. The summed E-state index contributed by atoms with van der Waals surface area (Å²) in [6, 6.07) is 8.63. The Kier molecular flexibility index (Phi) is 6.76. The van der Waals surface area contributed by atoms with E-state index in [1.54, 1.807) is 7.11 Å². The Labute approximate surface area is 106 Å². The fraction of sp³-hybridized carbons (Fsp3) is 0.625. The molecule has 1 heteroatoms. The van der Waals surface area contributed by atoms with E-state index in [9.17, 15) is 0 Å². The van der Waals surface area contributed by atoms with Gasteiger partial charge in [0.05, 0.1) is 7.11 Å². The number of unbranched alkanes of at least 4 members (excludes halogenated alkanes) is 2. The van der Waals surface area contributed by atoms with Crippen LogP contribution in [0.1, 0.15) is 63.9 Å². The Morgan fingerprint density at radius 3 is 1.88 bits per heavy atom. The van der Waals surface area contributed by atoms with Gasteiger partial charge in [0.1, 0.15) is 5.75 Å². The molecule has 0 aliphatic carbocycles. The van der Waals surface area contributed by atoms with Crippen LogP contribution in [0.5, 0.6) is 5.75 Å². The predicted molar refractivity (Wildman–Crippen MR) is 74.8 cm³/mol. The van der Waals surface area contributed by atoms with E-state index in [-0.39, 0.29) is 0 Å². The summed E-state index contributed by atoms with van der Waals surface area (Å²) < 4.78 is 5.21. The molecule has 0 N–H and O–H groups in total. The first-order valence-electron chi connectivity index (χ1n) is 6.95. The van der Waals surface area contributed by atoms with Crippen molar-refractivity contribution in [1.29, 1.82) is 0 Å². The average molecular weight is 234 g/mol. The van der Waals surface area contributed by atoms with Crippen molar-refractivity contribution < 1.29 is 4.74 Å².